The predicted molar refractivity (Wildman–Crippen MR) is 91.5 cm³/mol. The number of carbonyl (C=O) groups is 2. The fraction of sp³-hybridized carbons (Fsp3) is 0.556. The minimum Gasteiger partial charge on any atom is -0.355 e. The molecule has 2 rings (SSSR count). The number of hydrogen-bond donors (Lipinski definition) is 3. The molecule has 0 spiro atoms. The van der Waals surface area contributed by atoms with Crippen molar-refractivity contribution in [3.8, 4) is 0 Å². The molecule has 0 saturated heterocycles. The number of hydrogen-bond acceptors (Lipinski definition) is 2. The first-order chi connectivity index (χ1) is 11.1. The quantitative estimate of drug-likeness (QED) is 0.781. The maximum atomic E-state index is 11.9. The van der Waals surface area contributed by atoms with Crippen molar-refractivity contribution in [1.29, 1.82) is 0 Å². The summed E-state index contributed by atoms with van der Waals surface area (Å²) in [6.07, 6.45) is 5.24. The van der Waals surface area contributed by atoms with Crippen LogP contribution in [-0.2, 0) is 6.42 Å². The van der Waals surface area contributed by atoms with Crippen molar-refractivity contribution < 1.29 is 9.59 Å². The van der Waals surface area contributed by atoms with Crippen LogP contribution in [-0.4, -0.2) is 31.6 Å². The second kappa shape index (κ2) is 8.56. The van der Waals surface area contributed by atoms with Crippen molar-refractivity contribution in [1.82, 2.24) is 16.0 Å². The van der Waals surface area contributed by atoms with E-state index in [1.165, 1.54) is 12.8 Å². The molecule has 0 heterocycles. The molecule has 23 heavy (non-hydrogen) atoms. The highest BCUT2D eigenvalue weighted by Gasteiger charge is 2.19. The van der Waals surface area contributed by atoms with Gasteiger partial charge in [-0.1, -0.05) is 19.1 Å². The van der Waals surface area contributed by atoms with Crippen LogP contribution in [0.5, 0.6) is 0 Å². The van der Waals surface area contributed by atoms with Gasteiger partial charge in [-0.05, 0) is 55.7 Å². The van der Waals surface area contributed by atoms with Gasteiger partial charge >= 0.3 is 6.03 Å². The van der Waals surface area contributed by atoms with Gasteiger partial charge in [0.15, 0.2) is 0 Å². The average molecular weight is 317 g/mol. The van der Waals surface area contributed by atoms with Gasteiger partial charge in [0.25, 0.3) is 5.91 Å². The molecule has 1 saturated carbocycles. The van der Waals surface area contributed by atoms with Crippen molar-refractivity contribution in [3.63, 3.8) is 0 Å². The molecule has 126 valence electrons. The highest BCUT2D eigenvalue weighted by Crippen LogP contribution is 2.23. The number of amides is 3. The van der Waals surface area contributed by atoms with E-state index in [0.29, 0.717) is 24.6 Å². The zero-order valence-electron chi connectivity index (χ0n) is 14.0. The Balaban J connectivity index is 1.72. The zero-order valence-corrected chi connectivity index (χ0v) is 14.0. The molecule has 1 aliphatic rings. The summed E-state index contributed by atoms with van der Waals surface area (Å²) < 4.78 is 0. The number of nitrogens with one attached hydrogen (secondary N) is 3. The second-order valence-corrected chi connectivity index (χ2v) is 6.39. The van der Waals surface area contributed by atoms with Crippen molar-refractivity contribution in [2.45, 2.75) is 45.1 Å². The maximum Gasteiger partial charge on any atom is 0.315 e. The SMILES string of the molecule is CNC(=O)c1cccc(CCNC(=O)NC2CCC(C)CC2)c1. The predicted octanol–water partition coefficient (Wildman–Crippen LogP) is 2.47. The highest BCUT2D eigenvalue weighted by atomic mass is 16.2. The van der Waals surface area contributed by atoms with Gasteiger partial charge in [-0.15, -0.1) is 0 Å². The molecule has 0 bridgehead atoms. The third-order valence-corrected chi connectivity index (χ3v) is 4.47. The summed E-state index contributed by atoms with van der Waals surface area (Å²) in [5.41, 5.74) is 1.68. The molecule has 0 aromatic heterocycles. The van der Waals surface area contributed by atoms with Crippen LogP contribution in [0.2, 0.25) is 0 Å². The van der Waals surface area contributed by atoms with E-state index in [0.717, 1.165) is 24.3 Å². The van der Waals surface area contributed by atoms with Crippen molar-refractivity contribution in [2.75, 3.05) is 13.6 Å². The molecule has 0 radical (unpaired) electrons. The van der Waals surface area contributed by atoms with Crippen molar-refractivity contribution >= 4 is 11.9 Å². The molecular weight excluding hydrogens is 290 g/mol. The van der Waals surface area contributed by atoms with E-state index in [9.17, 15) is 9.59 Å². The lowest BCUT2D eigenvalue weighted by Crippen LogP contribution is -2.44. The molecule has 0 atom stereocenters. The van der Waals surface area contributed by atoms with E-state index < -0.39 is 0 Å². The van der Waals surface area contributed by atoms with Gasteiger partial charge < -0.3 is 16.0 Å². The summed E-state index contributed by atoms with van der Waals surface area (Å²) in [6.45, 7) is 2.83. The van der Waals surface area contributed by atoms with Gasteiger partial charge in [0.1, 0.15) is 0 Å². The maximum absolute atomic E-state index is 11.9. The van der Waals surface area contributed by atoms with Gasteiger partial charge in [0.2, 0.25) is 0 Å². The Labute approximate surface area is 138 Å². The third-order valence-electron chi connectivity index (χ3n) is 4.47. The van der Waals surface area contributed by atoms with E-state index in [1.54, 1.807) is 13.1 Å². The van der Waals surface area contributed by atoms with Crippen molar-refractivity contribution in [3.05, 3.63) is 35.4 Å². The van der Waals surface area contributed by atoms with Gasteiger partial charge in [-0.25, -0.2) is 4.79 Å². The Morgan fingerprint density at radius 1 is 1.17 bits per heavy atom. The fourth-order valence-electron chi connectivity index (χ4n) is 2.97. The van der Waals surface area contributed by atoms with Crippen LogP contribution in [0.15, 0.2) is 24.3 Å². The lowest BCUT2D eigenvalue weighted by molar-refractivity contribution is 0.0963. The molecular formula is C18H27N3O2. The zero-order chi connectivity index (χ0) is 16.7. The molecule has 1 fully saturated rings. The monoisotopic (exact) mass is 317 g/mol. The van der Waals surface area contributed by atoms with Gasteiger partial charge in [-0.3, -0.25) is 4.79 Å². The lowest BCUT2D eigenvalue weighted by Gasteiger charge is -2.26. The number of rotatable bonds is 5. The van der Waals surface area contributed by atoms with E-state index in [2.05, 4.69) is 22.9 Å². The van der Waals surface area contributed by atoms with Crippen molar-refractivity contribution in [2.24, 2.45) is 5.92 Å². The fourth-order valence-corrected chi connectivity index (χ4v) is 2.97. The molecule has 3 amide bonds. The third kappa shape index (κ3) is 5.58. The number of urea groups is 1. The van der Waals surface area contributed by atoms with E-state index in [1.807, 2.05) is 18.2 Å². The summed E-state index contributed by atoms with van der Waals surface area (Å²) in [5.74, 6) is 0.688. The minimum atomic E-state index is -0.0934. The van der Waals surface area contributed by atoms with Crippen LogP contribution in [0.4, 0.5) is 4.79 Å². The summed E-state index contributed by atoms with van der Waals surface area (Å²) in [6, 6.07) is 7.69. The normalized spacial score (nSPS) is 20.6. The molecule has 0 aliphatic heterocycles. The summed E-state index contributed by atoms with van der Waals surface area (Å²) >= 11 is 0. The van der Waals surface area contributed by atoms with Crippen LogP contribution in [0, 0.1) is 5.92 Å². The van der Waals surface area contributed by atoms with E-state index in [4.69, 9.17) is 0 Å². The van der Waals surface area contributed by atoms with Crippen LogP contribution in [0.1, 0.15) is 48.5 Å². The first-order valence-corrected chi connectivity index (χ1v) is 8.44. The first-order valence-electron chi connectivity index (χ1n) is 8.44. The standard InChI is InChI=1S/C18H27N3O2/c1-13-6-8-16(9-7-13)21-18(23)20-11-10-14-4-3-5-15(12-14)17(22)19-2/h3-5,12-13,16H,6-11H2,1-2H3,(H,19,22)(H2,20,21,23). The van der Waals surface area contributed by atoms with E-state index >= 15 is 0 Å². The largest absolute Gasteiger partial charge is 0.355 e. The summed E-state index contributed by atoms with van der Waals surface area (Å²) in [7, 11) is 1.62. The number of benzene rings is 1. The first kappa shape index (κ1) is 17.3. The molecule has 1 aromatic carbocycles. The molecule has 0 unspecified atom stereocenters. The Morgan fingerprint density at radius 3 is 2.61 bits per heavy atom. The minimum absolute atomic E-state index is 0.0907. The Bertz CT molecular complexity index is 537. The molecule has 3 N–H and O–H groups in total. The summed E-state index contributed by atoms with van der Waals surface area (Å²) in [5, 5.41) is 8.56. The van der Waals surface area contributed by atoms with Gasteiger partial charge in [0.05, 0.1) is 0 Å². The number of carbonyl (C=O) groups excluding carboxylic acids is 2. The molecule has 1 aromatic rings. The second-order valence-electron chi connectivity index (χ2n) is 6.39. The lowest BCUT2D eigenvalue weighted by atomic mass is 9.87. The smallest absolute Gasteiger partial charge is 0.315 e. The van der Waals surface area contributed by atoms with E-state index in [-0.39, 0.29) is 11.9 Å². The molecule has 5 heteroatoms. The molecule has 5 nitrogen and oxygen atoms in total. The van der Waals surface area contributed by atoms with Crippen LogP contribution in [0.3, 0.4) is 0 Å². The Hall–Kier alpha value is -2.04. The molecule has 1 aliphatic carbocycles. The average Bonchev–Trinajstić information content (AvgIpc) is 2.56. The Kier molecular flexibility index (Phi) is 6.44. The van der Waals surface area contributed by atoms with Crippen LogP contribution in [0.25, 0.3) is 0 Å². The van der Waals surface area contributed by atoms with Gasteiger partial charge in [-0.2, -0.15) is 0 Å². The van der Waals surface area contributed by atoms with Crippen LogP contribution < -0.4 is 16.0 Å². The van der Waals surface area contributed by atoms with Gasteiger partial charge in [0, 0.05) is 25.2 Å². The summed E-state index contributed by atoms with van der Waals surface area (Å²) in [4.78, 5) is 23.5. The van der Waals surface area contributed by atoms with Crippen LogP contribution >= 0.6 is 0 Å². The topological polar surface area (TPSA) is 70.2 Å². The Morgan fingerprint density at radius 2 is 1.91 bits per heavy atom. The highest BCUT2D eigenvalue weighted by molar-refractivity contribution is 5.94.